The Morgan fingerprint density at radius 1 is 1.25 bits per heavy atom. The molecule has 1 aromatic rings. The lowest BCUT2D eigenvalue weighted by atomic mass is 10.3. The zero-order valence-electron chi connectivity index (χ0n) is 17.1. The van der Waals surface area contributed by atoms with Gasteiger partial charge in [0.15, 0.2) is 5.96 Å². The maximum atomic E-state index is 12.1. The molecule has 2 rings (SSSR count). The molecular formula is C20H33IN4O3. The molecule has 28 heavy (non-hydrogen) atoms. The largest absolute Gasteiger partial charge is 0.497 e. The van der Waals surface area contributed by atoms with Crippen molar-refractivity contribution in [3.8, 4) is 11.5 Å². The molecule has 1 amide bonds. The van der Waals surface area contributed by atoms with E-state index in [-0.39, 0.29) is 36.0 Å². The minimum Gasteiger partial charge on any atom is -0.497 e. The van der Waals surface area contributed by atoms with Crippen molar-refractivity contribution < 1.29 is 14.3 Å². The predicted molar refractivity (Wildman–Crippen MR) is 123 cm³/mol. The molecule has 8 heteroatoms. The number of nitrogens with zero attached hydrogens (tertiary/aromatic N) is 2. The Balaban J connectivity index is 0.00000392. The number of amides is 1. The van der Waals surface area contributed by atoms with Gasteiger partial charge in [-0.2, -0.15) is 0 Å². The number of likely N-dealkylation sites (tertiary alicyclic amines) is 1. The summed E-state index contributed by atoms with van der Waals surface area (Å²) in [6.45, 7) is 7.63. The minimum absolute atomic E-state index is 0. The van der Waals surface area contributed by atoms with Crippen LogP contribution >= 0.6 is 24.0 Å². The van der Waals surface area contributed by atoms with Gasteiger partial charge >= 0.3 is 0 Å². The second kappa shape index (κ2) is 13.5. The van der Waals surface area contributed by atoms with Gasteiger partial charge in [0, 0.05) is 38.7 Å². The topological polar surface area (TPSA) is 75.2 Å². The summed E-state index contributed by atoms with van der Waals surface area (Å²) in [7, 11) is 1.63. The number of hydrogen-bond donors (Lipinski definition) is 2. The highest BCUT2D eigenvalue weighted by Gasteiger charge is 2.17. The van der Waals surface area contributed by atoms with Gasteiger partial charge in [-0.25, -0.2) is 4.99 Å². The predicted octanol–water partition coefficient (Wildman–Crippen LogP) is 2.65. The van der Waals surface area contributed by atoms with Gasteiger partial charge in [0.1, 0.15) is 17.6 Å². The molecule has 1 heterocycles. The fourth-order valence-electron chi connectivity index (χ4n) is 2.92. The van der Waals surface area contributed by atoms with Gasteiger partial charge in [-0.3, -0.25) is 4.79 Å². The van der Waals surface area contributed by atoms with Gasteiger partial charge in [0.2, 0.25) is 5.91 Å². The van der Waals surface area contributed by atoms with Crippen molar-refractivity contribution in [2.75, 3.05) is 39.8 Å². The van der Waals surface area contributed by atoms with Gasteiger partial charge < -0.3 is 25.0 Å². The summed E-state index contributed by atoms with van der Waals surface area (Å²) in [6.07, 6.45) is 2.64. The second-order valence-corrected chi connectivity index (χ2v) is 6.59. The maximum absolute atomic E-state index is 12.1. The van der Waals surface area contributed by atoms with Crippen molar-refractivity contribution in [3.63, 3.8) is 0 Å². The van der Waals surface area contributed by atoms with Crippen LogP contribution in [0, 0.1) is 0 Å². The molecule has 1 aliphatic rings. The quantitative estimate of drug-likeness (QED) is 0.307. The SMILES string of the molecule is CCNC(=NCC(C)Oc1cccc(OC)c1)NCCC(=O)N1CCCC1.I. The van der Waals surface area contributed by atoms with Gasteiger partial charge in [0.05, 0.1) is 13.7 Å². The molecule has 0 aromatic heterocycles. The van der Waals surface area contributed by atoms with Crippen molar-refractivity contribution in [3.05, 3.63) is 24.3 Å². The number of benzene rings is 1. The van der Waals surface area contributed by atoms with E-state index in [1.807, 2.05) is 43.0 Å². The molecule has 1 fully saturated rings. The molecule has 0 spiro atoms. The normalized spacial score (nSPS) is 14.8. The highest BCUT2D eigenvalue weighted by molar-refractivity contribution is 14.0. The number of aliphatic imine (C=N–C) groups is 1. The Morgan fingerprint density at radius 3 is 2.64 bits per heavy atom. The summed E-state index contributed by atoms with van der Waals surface area (Å²) in [5, 5.41) is 6.43. The molecule has 1 aliphatic heterocycles. The van der Waals surface area contributed by atoms with Gasteiger partial charge in [-0.1, -0.05) is 6.07 Å². The zero-order valence-corrected chi connectivity index (χ0v) is 19.4. The number of methoxy groups -OCH3 is 1. The number of ether oxygens (including phenoxy) is 2. The smallest absolute Gasteiger partial charge is 0.224 e. The third kappa shape index (κ3) is 8.53. The van der Waals surface area contributed by atoms with E-state index in [9.17, 15) is 4.79 Å². The van der Waals surface area contributed by atoms with Crippen molar-refractivity contribution >= 4 is 35.8 Å². The number of rotatable bonds is 9. The molecule has 158 valence electrons. The van der Waals surface area contributed by atoms with E-state index in [0.29, 0.717) is 25.5 Å². The number of guanidine groups is 1. The molecule has 0 aliphatic carbocycles. The molecule has 0 bridgehead atoms. The van der Waals surface area contributed by atoms with Crippen LogP contribution in [0.5, 0.6) is 11.5 Å². The molecule has 0 radical (unpaired) electrons. The van der Waals surface area contributed by atoms with Crippen LogP contribution in [0.25, 0.3) is 0 Å². The Bertz CT molecular complexity index is 621. The average molecular weight is 504 g/mol. The Hall–Kier alpha value is -1.71. The first-order chi connectivity index (χ1) is 13.1. The van der Waals surface area contributed by atoms with E-state index >= 15 is 0 Å². The molecule has 1 saturated heterocycles. The van der Waals surface area contributed by atoms with E-state index in [4.69, 9.17) is 9.47 Å². The van der Waals surface area contributed by atoms with E-state index in [2.05, 4.69) is 15.6 Å². The van der Waals surface area contributed by atoms with Crippen LogP contribution in [0.1, 0.15) is 33.1 Å². The Labute approximate surface area is 185 Å². The highest BCUT2D eigenvalue weighted by Crippen LogP contribution is 2.19. The molecule has 1 aromatic carbocycles. The second-order valence-electron chi connectivity index (χ2n) is 6.59. The first kappa shape index (κ1) is 24.3. The summed E-state index contributed by atoms with van der Waals surface area (Å²) in [6, 6.07) is 7.53. The summed E-state index contributed by atoms with van der Waals surface area (Å²) in [5.41, 5.74) is 0. The summed E-state index contributed by atoms with van der Waals surface area (Å²) < 4.78 is 11.1. The summed E-state index contributed by atoms with van der Waals surface area (Å²) >= 11 is 0. The lowest BCUT2D eigenvalue weighted by Crippen LogP contribution is -2.40. The number of carbonyl (C=O) groups excluding carboxylic acids is 1. The van der Waals surface area contributed by atoms with Crippen molar-refractivity contribution in [2.45, 2.75) is 39.2 Å². The van der Waals surface area contributed by atoms with Crippen LogP contribution in [0.3, 0.4) is 0 Å². The van der Waals surface area contributed by atoms with E-state index < -0.39 is 0 Å². The minimum atomic E-state index is -0.0844. The molecule has 1 atom stereocenters. The fourth-order valence-corrected chi connectivity index (χ4v) is 2.92. The Morgan fingerprint density at radius 2 is 1.96 bits per heavy atom. The van der Waals surface area contributed by atoms with Crippen LogP contribution in [0.15, 0.2) is 29.3 Å². The van der Waals surface area contributed by atoms with Gasteiger partial charge in [0.25, 0.3) is 0 Å². The summed E-state index contributed by atoms with van der Waals surface area (Å²) in [5.74, 6) is 2.44. The third-order valence-electron chi connectivity index (χ3n) is 4.32. The number of halogens is 1. The maximum Gasteiger partial charge on any atom is 0.224 e. The van der Waals surface area contributed by atoms with Crippen LogP contribution in [-0.2, 0) is 4.79 Å². The highest BCUT2D eigenvalue weighted by atomic mass is 127. The average Bonchev–Trinajstić information content (AvgIpc) is 3.21. The molecular weight excluding hydrogens is 471 g/mol. The van der Waals surface area contributed by atoms with Gasteiger partial charge in [-0.15, -0.1) is 24.0 Å². The number of carbonyl (C=O) groups is 1. The lowest BCUT2D eigenvalue weighted by molar-refractivity contribution is -0.129. The molecule has 2 N–H and O–H groups in total. The van der Waals surface area contributed by atoms with E-state index in [0.717, 1.165) is 44.0 Å². The molecule has 0 saturated carbocycles. The van der Waals surface area contributed by atoms with E-state index in [1.165, 1.54) is 0 Å². The van der Waals surface area contributed by atoms with Crippen LogP contribution in [0.4, 0.5) is 0 Å². The standard InChI is InChI=1S/C20H32N4O3.HI/c1-4-21-20(22-11-10-19(25)24-12-5-6-13-24)23-15-16(2)27-18-9-7-8-17(14-18)26-3;/h7-9,14,16H,4-6,10-13,15H2,1-3H3,(H2,21,22,23);1H. The number of hydrogen-bond acceptors (Lipinski definition) is 4. The Kier molecular flexibility index (Phi) is 11.7. The van der Waals surface area contributed by atoms with Crippen molar-refractivity contribution in [2.24, 2.45) is 4.99 Å². The number of nitrogens with one attached hydrogen (secondary N) is 2. The van der Waals surface area contributed by atoms with Gasteiger partial charge in [-0.05, 0) is 38.8 Å². The first-order valence-electron chi connectivity index (χ1n) is 9.73. The lowest BCUT2D eigenvalue weighted by Gasteiger charge is -2.17. The van der Waals surface area contributed by atoms with Crippen molar-refractivity contribution in [1.29, 1.82) is 0 Å². The monoisotopic (exact) mass is 504 g/mol. The van der Waals surface area contributed by atoms with Crippen molar-refractivity contribution in [1.82, 2.24) is 15.5 Å². The third-order valence-corrected chi connectivity index (χ3v) is 4.32. The first-order valence-corrected chi connectivity index (χ1v) is 9.73. The van der Waals surface area contributed by atoms with Crippen LogP contribution < -0.4 is 20.1 Å². The zero-order chi connectivity index (χ0) is 19.5. The van der Waals surface area contributed by atoms with Crippen LogP contribution in [0.2, 0.25) is 0 Å². The molecule has 1 unspecified atom stereocenters. The molecule has 7 nitrogen and oxygen atoms in total. The fraction of sp³-hybridized carbons (Fsp3) is 0.600. The van der Waals surface area contributed by atoms with E-state index in [1.54, 1.807) is 7.11 Å². The van der Waals surface area contributed by atoms with Crippen LogP contribution in [-0.4, -0.2) is 62.7 Å². The summed E-state index contributed by atoms with van der Waals surface area (Å²) in [4.78, 5) is 18.6.